The van der Waals surface area contributed by atoms with Crippen molar-refractivity contribution in [3.8, 4) is 5.75 Å². The zero-order chi connectivity index (χ0) is 12.7. The minimum absolute atomic E-state index is 0.262. The molecule has 2 atom stereocenters. The normalized spacial score (nSPS) is 29.6. The molecule has 2 fully saturated rings. The lowest BCUT2D eigenvalue weighted by Gasteiger charge is -2.05. The molecule has 0 aromatic heterocycles. The average molecular weight is 265 g/mol. The molecular formula is C15H17ClO2. The van der Waals surface area contributed by atoms with Gasteiger partial charge in [0, 0.05) is 11.5 Å². The maximum absolute atomic E-state index is 12.5. The van der Waals surface area contributed by atoms with Gasteiger partial charge in [0.25, 0.3) is 0 Å². The molecule has 3 heteroatoms. The second-order valence-corrected chi connectivity index (χ2v) is 5.76. The number of hydrogen-bond acceptors (Lipinski definition) is 2. The third-order valence-corrected chi connectivity index (χ3v) is 4.71. The van der Waals surface area contributed by atoms with E-state index in [1.54, 1.807) is 19.2 Å². The van der Waals surface area contributed by atoms with E-state index in [-0.39, 0.29) is 11.7 Å². The van der Waals surface area contributed by atoms with E-state index in [0.717, 1.165) is 5.56 Å². The van der Waals surface area contributed by atoms with Crippen molar-refractivity contribution in [2.45, 2.75) is 25.7 Å². The molecule has 18 heavy (non-hydrogen) atoms. The lowest BCUT2D eigenvalue weighted by molar-refractivity contribution is 0.0956. The van der Waals surface area contributed by atoms with Crippen molar-refractivity contribution in [2.75, 3.05) is 7.11 Å². The lowest BCUT2D eigenvalue weighted by atomic mass is 10.0. The van der Waals surface area contributed by atoms with Gasteiger partial charge in [-0.15, -0.1) is 0 Å². The number of ketones is 1. The van der Waals surface area contributed by atoms with Crippen LogP contribution in [0.3, 0.4) is 0 Å². The summed E-state index contributed by atoms with van der Waals surface area (Å²) in [6.45, 7) is 0. The molecule has 1 aromatic carbocycles. The van der Waals surface area contributed by atoms with E-state index in [1.807, 2.05) is 6.07 Å². The van der Waals surface area contributed by atoms with E-state index in [1.165, 1.54) is 25.7 Å². The zero-order valence-corrected chi connectivity index (χ0v) is 11.2. The van der Waals surface area contributed by atoms with Crippen molar-refractivity contribution in [1.29, 1.82) is 0 Å². The van der Waals surface area contributed by atoms with Crippen molar-refractivity contribution in [3.05, 3.63) is 28.8 Å². The van der Waals surface area contributed by atoms with Crippen molar-refractivity contribution >= 4 is 17.4 Å². The minimum atomic E-state index is 0.262. The Labute approximate surface area is 112 Å². The van der Waals surface area contributed by atoms with Crippen LogP contribution in [0.15, 0.2) is 18.2 Å². The summed E-state index contributed by atoms with van der Waals surface area (Å²) in [5.41, 5.74) is 0.746. The monoisotopic (exact) mass is 264 g/mol. The van der Waals surface area contributed by atoms with Crippen LogP contribution in [-0.4, -0.2) is 12.9 Å². The molecule has 2 aliphatic carbocycles. The van der Waals surface area contributed by atoms with Gasteiger partial charge in [-0.1, -0.05) is 24.4 Å². The van der Waals surface area contributed by atoms with E-state index in [0.29, 0.717) is 22.6 Å². The number of carbonyl (C=O) groups is 1. The average Bonchev–Trinajstić information content (AvgIpc) is 3.12. The summed E-state index contributed by atoms with van der Waals surface area (Å²) in [5, 5.41) is 0.558. The Morgan fingerprint density at radius 1 is 1.28 bits per heavy atom. The summed E-state index contributed by atoms with van der Waals surface area (Å²) in [4.78, 5) is 12.5. The first-order valence-corrected chi connectivity index (χ1v) is 6.98. The van der Waals surface area contributed by atoms with Gasteiger partial charge in [-0.25, -0.2) is 0 Å². The first kappa shape index (κ1) is 12.0. The second kappa shape index (κ2) is 4.58. The number of carbonyl (C=O) groups excluding carboxylic acids is 1. The Balaban J connectivity index is 1.81. The van der Waals surface area contributed by atoms with Gasteiger partial charge in [-0.05, 0) is 42.9 Å². The fraction of sp³-hybridized carbons (Fsp3) is 0.533. The van der Waals surface area contributed by atoms with E-state index >= 15 is 0 Å². The van der Waals surface area contributed by atoms with Crippen LogP contribution in [0.25, 0.3) is 0 Å². The molecule has 0 saturated heterocycles. The lowest BCUT2D eigenvalue weighted by Crippen LogP contribution is -2.04. The number of fused-ring (bicyclic) bond motifs is 1. The molecule has 0 heterocycles. The third kappa shape index (κ3) is 1.93. The molecule has 2 saturated carbocycles. The number of methoxy groups -OCH3 is 1. The molecule has 96 valence electrons. The smallest absolute Gasteiger partial charge is 0.166 e. The van der Waals surface area contributed by atoms with Gasteiger partial charge in [-0.3, -0.25) is 4.79 Å². The van der Waals surface area contributed by atoms with Crippen LogP contribution >= 0.6 is 11.6 Å². The van der Waals surface area contributed by atoms with Gasteiger partial charge in [0.15, 0.2) is 5.78 Å². The van der Waals surface area contributed by atoms with Gasteiger partial charge in [0.05, 0.1) is 12.1 Å². The predicted octanol–water partition coefficient (Wildman–Crippen LogP) is 3.97. The summed E-state index contributed by atoms with van der Waals surface area (Å²) in [6, 6.07) is 5.34. The third-order valence-electron chi connectivity index (χ3n) is 4.39. The van der Waals surface area contributed by atoms with Crippen LogP contribution < -0.4 is 4.74 Å². The van der Waals surface area contributed by atoms with Gasteiger partial charge in [-0.2, -0.15) is 0 Å². The second-order valence-electron chi connectivity index (χ2n) is 5.35. The molecule has 2 unspecified atom stereocenters. The minimum Gasteiger partial charge on any atom is -0.495 e. The van der Waals surface area contributed by atoms with Crippen LogP contribution in [0, 0.1) is 17.8 Å². The van der Waals surface area contributed by atoms with E-state index in [9.17, 15) is 4.79 Å². The van der Waals surface area contributed by atoms with Gasteiger partial charge in [0.2, 0.25) is 0 Å². The van der Waals surface area contributed by atoms with E-state index in [4.69, 9.17) is 16.3 Å². The summed E-state index contributed by atoms with van der Waals surface area (Å²) < 4.78 is 5.17. The highest BCUT2D eigenvalue weighted by Crippen LogP contribution is 2.56. The molecule has 0 aliphatic heterocycles. The fourth-order valence-electron chi connectivity index (χ4n) is 3.39. The summed E-state index contributed by atoms with van der Waals surface area (Å²) in [6.07, 6.45) is 5.03. The van der Waals surface area contributed by atoms with Crippen LogP contribution in [0.4, 0.5) is 0 Å². The quantitative estimate of drug-likeness (QED) is 0.772. The van der Waals surface area contributed by atoms with Crippen molar-refractivity contribution in [3.63, 3.8) is 0 Å². The van der Waals surface area contributed by atoms with Crippen LogP contribution in [0.5, 0.6) is 5.75 Å². The zero-order valence-electron chi connectivity index (χ0n) is 10.5. The van der Waals surface area contributed by atoms with Gasteiger partial charge < -0.3 is 4.74 Å². The Bertz CT molecular complexity index is 471. The summed E-state index contributed by atoms with van der Waals surface area (Å²) in [5.74, 6) is 2.42. The molecule has 1 aromatic rings. The maximum atomic E-state index is 12.5. The van der Waals surface area contributed by atoms with Gasteiger partial charge in [0.1, 0.15) is 5.75 Å². The number of halogens is 1. The van der Waals surface area contributed by atoms with Crippen molar-refractivity contribution < 1.29 is 9.53 Å². The highest BCUT2D eigenvalue weighted by molar-refractivity contribution is 6.32. The summed E-state index contributed by atoms with van der Waals surface area (Å²) >= 11 is 5.98. The van der Waals surface area contributed by atoms with E-state index < -0.39 is 0 Å². The molecule has 0 spiro atoms. The predicted molar refractivity (Wildman–Crippen MR) is 71.3 cm³/mol. The Morgan fingerprint density at radius 2 is 1.94 bits per heavy atom. The largest absolute Gasteiger partial charge is 0.495 e. The van der Waals surface area contributed by atoms with E-state index in [2.05, 4.69) is 0 Å². The maximum Gasteiger partial charge on any atom is 0.166 e. The fourth-order valence-corrected chi connectivity index (χ4v) is 3.58. The number of Topliss-reactive ketones (excluding diaryl/α,β-unsaturated/α-hetero) is 1. The van der Waals surface area contributed by atoms with Crippen molar-refractivity contribution in [2.24, 2.45) is 17.8 Å². The number of hydrogen-bond donors (Lipinski definition) is 0. The molecule has 0 amide bonds. The molecule has 2 aliphatic rings. The molecule has 0 N–H and O–H groups in total. The number of rotatable bonds is 3. The molecule has 3 rings (SSSR count). The summed E-state index contributed by atoms with van der Waals surface area (Å²) in [7, 11) is 1.58. The molecule has 2 nitrogen and oxygen atoms in total. The van der Waals surface area contributed by atoms with Gasteiger partial charge >= 0.3 is 0 Å². The topological polar surface area (TPSA) is 26.3 Å². The van der Waals surface area contributed by atoms with Crippen LogP contribution in [0.2, 0.25) is 5.02 Å². The molecule has 0 radical (unpaired) electrons. The molecule has 0 bridgehead atoms. The number of benzene rings is 1. The first-order valence-electron chi connectivity index (χ1n) is 6.60. The standard InChI is InChI=1S/C15H17ClO2/c1-18-13-8-9(6-7-12(13)16)15(17)14-10-4-2-3-5-11(10)14/h6-8,10-11,14H,2-5H2,1H3. The Hall–Kier alpha value is -1.02. The highest BCUT2D eigenvalue weighted by atomic mass is 35.5. The van der Waals surface area contributed by atoms with Crippen LogP contribution in [-0.2, 0) is 0 Å². The SMILES string of the molecule is COc1cc(C(=O)C2C3CCCCC32)ccc1Cl. The van der Waals surface area contributed by atoms with Crippen LogP contribution in [0.1, 0.15) is 36.0 Å². The Morgan fingerprint density at radius 3 is 2.56 bits per heavy atom. The first-order chi connectivity index (χ1) is 8.72. The highest BCUT2D eigenvalue weighted by Gasteiger charge is 2.54. The number of ether oxygens (including phenoxy) is 1. The molecular weight excluding hydrogens is 248 g/mol. The Kier molecular flexibility index (Phi) is 3.06. The van der Waals surface area contributed by atoms with Crippen molar-refractivity contribution in [1.82, 2.24) is 0 Å².